The largest absolute Gasteiger partial charge is 0.494 e. The highest BCUT2D eigenvalue weighted by Gasteiger charge is 2.29. The van der Waals surface area contributed by atoms with Gasteiger partial charge in [0.05, 0.1) is 7.11 Å². The van der Waals surface area contributed by atoms with Crippen molar-refractivity contribution in [1.29, 1.82) is 0 Å². The van der Waals surface area contributed by atoms with E-state index >= 15 is 0 Å². The minimum absolute atomic E-state index is 0. The van der Waals surface area contributed by atoms with Gasteiger partial charge in [-0.05, 0) is 37.0 Å². The Labute approximate surface area is 130 Å². The maximum atomic E-state index is 13.4. The fourth-order valence-electron chi connectivity index (χ4n) is 2.70. The summed E-state index contributed by atoms with van der Waals surface area (Å²) < 4.78 is 18.3. The molecule has 1 saturated heterocycles. The van der Waals surface area contributed by atoms with Gasteiger partial charge in [-0.15, -0.1) is 12.4 Å². The lowest BCUT2D eigenvalue weighted by molar-refractivity contribution is 0.0573. The molecule has 118 valence electrons. The van der Waals surface area contributed by atoms with Crippen molar-refractivity contribution in [2.45, 2.75) is 25.8 Å². The zero-order valence-electron chi connectivity index (χ0n) is 12.3. The SMILES string of the molecule is COc1cc(C(=O)N2CCC(C)CC2CN)ccc1F.Cl. The monoisotopic (exact) mass is 316 g/mol. The highest BCUT2D eigenvalue weighted by Crippen LogP contribution is 2.25. The average Bonchev–Trinajstić information content (AvgIpc) is 2.46. The van der Waals surface area contributed by atoms with Crippen LogP contribution in [0.5, 0.6) is 5.75 Å². The minimum atomic E-state index is -0.466. The number of hydrogen-bond donors (Lipinski definition) is 1. The van der Waals surface area contributed by atoms with Crippen molar-refractivity contribution in [2.75, 3.05) is 20.2 Å². The first-order valence-electron chi connectivity index (χ1n) is 6.91. The molecular weight excluding hydrogens is 295 g/mol. The van der Waals surface area contributed by atoms with Crippen LogP contribution < -0.4 is 10.5 Å². The molecule has 1 aromatic carbocycles. The van der Waals surface area contributed by atoms with Crippen molar-refractivity contribution >= 4 is 18.3 Å². The Bertz CT molecular complexity index is 499. The standard InChI is InChI=1S/C15H21FN2O2.ClH/c1-10-5-6-18(12(7-10)9-17)15(19)11-3-4-13(16)14(8-11)20-2;/h3-4,8,10,12H,5-7,9,17H2,1-2H3;1H. The number of piperidine rings is 1. The highest BCUT2D eigenvalue weighted by atomic mass is 35.5. The lowest BCUT2D eigenvalue weighted by atomic mass is 9.92. The second-order valence-electron chi connectivity index (χ2n) is 5.37. The van der Waals surface area contributed by atoms with Crippen LogP contribution in [-0.2, 0) is 0 Å². The van der Waals surface area contributed by atoms with Crippen molar-refractivity contribution in [2.24, 2.45) is 11.7 Å². The van der Waals surface area contributed by atoms with Crippen molar-refractivity contribution < 1.29 is 13.9 Å². The molecule has 2 unspecified atom stereocenters. The summed E-state index contributed by atoms with van der Waals surface area (Å²) in [6, 6.07) is 4.26. The molecule has 1 aromatic rings. The Morgan fingerprint density at radius 3 is 2.86 bits per heavy atom. The van der Waals surface area contributed by atoms with Crippen LogP contribution in [0.3, 0.4) is 0 Å². The summed E-state index contributed by atoms with van der Waals surface area (Å²) >= 11 is 0. The summed E-state index contributed by atoms with van der Waals surface area (Å²) in [5.41, 5.74) is 6.21. The third kappa shape index (κ3) is 3.86. The number of methoxy groups -OCH3 is 1. The third-order valence-electron chi connectivity index (χ3n) is 3.91. The van der Waals surface area contributed by atoms with E-state index in [4.69, 9.17) is 10.5 Å². The van der Waals surface area contributed by atoms with Crippen molar-refractivity contribution in [3.05, 3.63) is 29.6 Å². The van der Waals surface area contributed by atoms with Gasteiger partial charge in [-0.25, -0.2) is 4.39 Å². The zero-order chi connectivity index (χ0) is 14.7. The van der Waals surface area contributed by atoms with E-state index in [0.717, 1.165) is 12.8 Å². The van der Waals surface area contributed by atoms with Gasteiger partial charge in [0.2, 0.25) is 0 Å². The van der Waals surface area contributed by atoms with Crippen molar-refractivity contribution in [3.8, 4) is 5.75 Å². The van der Waals surface area contributed by atoms with Gasteiger partial charge in [-0.3, -0.25) is 4.79 Å². The average molecular weight is 317 g/mol. The number of nitrogens with zero attached hydrogens (tertiary/aromatic N) is 1. The molecule has 4 nitrogen and oxygen atoms in total. The van der Waals surface area contributed by atoms with Crippen LogP contribution in [0.1, 0.15) is 30.1 Å². The summed E-state index contributed by atoms with van der Waals surface area (Å²) in [7, 11) is 1.39. The van der Waals surface area contributed by atoms with Gasteiger partial charge in [-0.1, -0.05) is 6.92 Å². The fourth-order valence-corrected chi connectivity index (χ4v) is 2.70. The van der Waals surface area contributed by atoms with Crippen LogP contribution in [0.15, 0.2) is 18.2 Å². The molecule has 0 aliphatic carbocycles. The molecule has 1 heterocycles. The van der Waals surface area contributed by atoms with E-state index in [-0.39, 0.29) is 30.1 Å². The number of halogens is 2. The molecule has 0 saturated carbocycles. The summed E-state index contributed by atoms with van der Waals surface area (Å²) in [6.07, 6.45) is 1.89. The number of ether oxygens (including phenoxy) is 1. The third-order valence-corrected chi connectivity index (χ3v) is 3.91. The molecule has 1 fully saturated rings. The molecule has 2 N–H and O–H groups in total. The van der Waals surface area contributed by atoms with Crippen molar-refractivity contribution in [1.82, 2.24) is 4.90 Å². The number of nitrogens with two attached hydrogens (primary N) is 1. The smallest absolute Gasteiger partial charge is 0.254 e. The fraction of sp³-hybridized carbons (Fsp3) is 0.533. The van der Waals surface area contributed by atoms with E-state index < -0.39 is 5.82 Å². The Morgan fingerprint density at radius 2 is 2.24 bits per heavy atom. The van der Waals surface area contributed by atoms with Crippen LogP contribution >= 0.6 is 12.4 Å². The van der Waals surface area contributed by atoms with Gasteiger partial charge < -0.3 is 15.4 Å². The molecule has 1 aliphatic rings. The van der Waals surface area contributed by atoms with Crippen LogP contribution in [0.2, 0.25) is 0 Å². The second kappa shape index (κ2) is 7.61. The summed E-state index contributed by atoms with van der Waals surface area (Å²) in [4.78, 5) is 14.3. The Kier molecular flexibility index (Phi) is 6.42. The first kappa shape index (κ1) is 17.7. The molecule has 2 rings (SSSR count). The van der Waals surface area contributed by atoms with Gasteiger partial charge in [0.15, 0.2) is 11.6 Å². The number of carbonyl (C=O) groups excluding carboxylic acids is 1. The van der Waals surface area contributed by atoms with Gasteiger partial charge in [-0.2, -0.15) is 0 Å². The van der Waals surface area contributed by atoms with Gasteiger partial charge in [0, 0.05) is 24.7 Å². The molecule has 0 spiro atoms. The number of benzene rings is 1. The molecule has 1 amide bonds. The lowest BCUT2D eigenvalue weighted by Gasteiger charge is -2.38. The lowest BCUT2D eigenvalue weighted by Crippen LogP contribution is -2.49. The van der Waals surface area contributed by atoms with E-state index in [2.05, 4.69) is 6.92 Å². The van der Waals surface area contributed by atoms with E-state index in [1.54, 1.807) is 4.90 Å². The molecular formula is C15H22ClFN2O2. The summed E-state index contributed by atoms with van der Waals surface area (Å²) in [5, 5.41) is 0. The molecule has 0 aromatic heterocycles. The van der Waals surface area contributed by atoms with Gasteiger partial charge >= 0.3 is 0 Å². The molecule has 0 radical (unpaired) electrons. The van der Waals surface area contributed by atoms with E-state index in [1.807, 2.05) is 0 Å². The maximum absolute atomic E-state index is 13.4. The quantitative estimate of drug-likeness (QED) is 0.932. The van der Waals surface area contributed by atoms with Crippen molar-refractivity contribution in [3.63, 3.8) is 0 Å². The minimum Gasteiger partial charge on any atom is -0.494 e. The van der Waals surface area contributed by atoms with E-state index in [9.17, 15) is 9.18 Å². The summed E-state index contributed by atoms with van der Waals surface area (Å²) in [6.45, 7) is 3.32. The normalized spacial score (nSPS) is 21.6. The van der Waals surface area contributed by atoms with Crippen LogP contribution in [0, 0.1) is 11.7 Å². The highest BCUT2D eigenvalue weighted by molar-refractivity contribution is 5.95. The predicted molar refractivity (Wildman–Crippen MR) is 82.5 cm³/mol. The number of rotatable bonds is 3. The van der Waals surface area contributed by atoms with Gasteiger partial charge in [0.1, 0.15) is 0 Å². The number of likely N-dealkylation sites (tertiary alicyclic amines) is 1. The number of hydrogen-bond acceptors (Lipinski definition) is 3. The molecule has 0 bridgehead atoms. The van der Waals surface area contributed by atoms with Crippen LogP contribution in [-0.4, -0.2) is 37.0 Å². The topological polar surface area (TPSA) is 55.6 Å². The Morgan fingerprint density at radius 1 is 1.52 bits per heavy atom. The molecule has 1 aliphatic heterocycles. The molecule has 2 atom stereocenters. The van der Waals surface area contributed by atoms with Crippen LogP contribution in [0.25, 0.3) is 0 Å². The predicted octanol–water partition coefficient (Wildman–Crippen LogP) is 2.46. The Hall–Kier alpha value is -1.33. The zero-order valence-corrected chi connectivity index (χ0v) is 13.2. The maximum Gasteiger partial charge on any atom is 0.254 e. The van der Waals surface area contributed by atoms with Crippen LogP contribution in [0.4, 0.5) is 4.39 Å². The molecule has 6 heteroatoms. The first-order valence-corrected chi connectivity index (χ1v) is 6.91. The molecule has 21 heavy (non-hydrogen) atoms. The Balaban J connectivity index is 0.00000220. The van der Waals surface area contributed by atoms with Gasteiger partial charge in [0.25, 0.3) is 5.91 Å². The summed E-state index contributed by atoms with van der Waals surface area (Å²) in [5.74, 6) is 0.0956. The van der Waals surface area contributed by atoms with E-state index in [0.29, 0.717) is 24.6 Å². The number of carbonyl (C=O) groups is 1. The second-order valence-corrected chi connectivity index (χ2v) is 5.37. The first-order chi connectivity index (χ1) is 9.56. The number of amides is 1. The van der Waals surface area contributed by atoms with E-state index in [1.165, 1.54) is 25.3 Å².